The second kappa shape index (κ2) is 7.04. The number of rotatable bonds is 2. The van der Waals surface area contributed by atoms with Gasteiger partial charge in [0, 0.05) is 29.7 Å². The van der Waals surface area contributed by atoms with E-state index in [0.29, 0.717) is 34.9 Å². The van der Waals surface area contributed by atoms with Crippen molar-refractivity contribution in [3.05, 3.63) is 76.0 Å². The van der Waals surface area contributed by atoms with Gasteiger partial charge in [0.05, 0.1) is 11.6 Å². The van der Waals surface area contributed by atoms with E-state index < -0.39 is 5.76 Å². The molecule has 0 N–H and O–H groups in total. The Hall–Kier alpha value is -3.12. The number of hydrogen-bond donors (Lipinski definition) is 0. The maximum atomic E-state index is 13.3. The van der Waals surface area contributed by atoms with Gasteiger partial charge in [0.15, 0.2) is 5.58 Å². The molecule has 0 spiro atoms. The van der Waals surface area contributed by atoms with Crippen LogP contribution in [0.2, 0.25) is 5.02 Å². The first-order chi connectivity index (χ1) is 14.1. The number of aromatic nitrogens is 2. The molecule has 6 nitrogen and oxygen atoms in total. The lowest BCUT2D eigenvalue weighted by atomic mass is 10.0. The number of pyridine rings is 1. The summed E-state index contributed by atoms with van der Waals surface area (Å²) in [7, 11) is 0. The van der Waals surface area contributed by atoms with Gasteiger partial charge in [-0.25, -0.2) is 4.79 Å². The van der Waals surface area contributed by atoms with Crippen molar-refractivity contribution in [3.63, 3.8) is 0 Å². The monoisotopic (exact) mass is 407 g/mol. The third-order valence-electron chi connectivity index (χ3n) is 5.50. The molecular weight excluding hydrogens is 390 g/mol. The Morgan fingerprint density at radius 1 is 1.17 bits per heavy atom. The van der Waals surface area contributed by atoms with Crippen LogP contribution in [0.25, 0.3) is 21.9 Å². The molecule has 1 aliphatic heterocycles. The van der Waals surface area contributed by atoms with E-state index in [9.17, 15) is 9.59 Å². The van der Waals surface area contributed by atoms with Crippen LogP contribution < -0.4 is 5.76 Å². The Morgan fingerprint density at radius 3 is 2.93 bits per heavy atom. The average molecular weight is 408 g/mol. The van der Waals surface area contributed by atoms with Crippen molar-refractivity contribution in [2.75, 3.05) is 13.1 Å². The highest BCUT2D eigenvalue weighted by Crippen LogP contribution is 2.28. The molecule has 1 atom stereocenters. The van der Waals surface area contributed by atoms with Gasteiger partial charge in [0.25, 0.3) is 5.91 Å². The molecular formula is C22H18ClN3O3. The largest absolute Gasteiger partial charge is 0.420 e. The Balaban J connectivity index is 1.50. The summed E-state index contributed by atoms with van der Waals surface area (Å²) in [6, 6.07) is 14.6. The number of likely N-dealkylation sites (tertiary alicyclic amines) is 1. The van der Waals surface area contributed by atoms with Crippen LogP contribution in [-0.2, 0) is 0 Å². The van der Waals surface area contributed by atoms with Crippen LogP contribution in [0.3, 0.4) is 0 Å². The number of benzene rings is 2. The summed E-state index contributed by atoms with van der Waals surface area (Å²) in [4.78, 5) is 31.9. The first-order valence-corrected chi connectivity index (χ1v) is 9.93. The van der Waals surface area contributed by atoms with E-state index in [-0.39, 0.29) is 11.9 Å². The molecule has 1 aliphatic rings. The van der Waals surface area contributed by atoms with Crippen LogP contribution in [0.5, 0.6) is 0 Å². The molecule has 2 aromatic heterocycles. The molecule has 0 radical (unpaired) electrons. The first kappa shape index (κ1) is 17.9. The molecule has 2 aromatic carbocycles. The van der Waals surface area contributed by atoms with E-state index in [4.69, 9.17) is 16.0 Å². The van der Waals surface area contributed by atoms with Crippen molar-refractivity contribution in [1.82, 2.24) is 14.5 Å². The minimum Gasteiger partial charge on any atom is -0.408 e. The van der Waals surface area contributed by atoms with Crippen molar-refractivity contribution < 1.29 is 9.21 Å². The lowest BCUT2D eigenvalue weighted by Gasteiger charge is -2.33. The quantitative estimate of drug-likeness (QED) is 0.497. The average Bonchev–Trinajstić information content (AvgIpc) is 3.07. The van der Waals surface area contributed by atoms with Crippen molar-refractivity contribution in [1.29, 1.82) is 0 Å². The van der Waals surface area contributed by atoms with Gasteiger partial charge in [-0.05, 0) is 42.5 Å². The first-order valence-electron chi connectivity index (χ1n) is 9.55. The van der Waals surface area contributed by atoms with E-state index >= 15 is 0 Å². The molecule has 1 fully saturated rings. The van der Waals surface area contributed by atoms with Crippen LogP contribution in [-0.4, -0.2) is 33.4 Å². The van der Waals surface area contributed by atoms with Gasteiger partial charge in [0.2, 0.25) is 0 Å². The van der Waals surface area contributed by atoms with E-state index in [2.05, 4.69) is 4.98 Å². The Bertz CT molecular complexity index is 1290. The zero-order valence-corrected chi connectivity index (χ0v) is 16.3. The normalized spacial score (nSPS) is 17.1. The Labute approximate surface area is 171 Å². The molecule has 5 rings (SSSR count). The number of amides is 1. The summed E-state index contributed by atoms with van der Waals surface area (Å²) in [5.74, 6) is -0.546. The summed E-state index contributed by atoms with van der Waals surface area (Å²) in [6.45, 7) is 1.05. The predicted octanol–water partition coefficient (Wildman–Crippen LogP) is 4.27. The van der Waals surface area contributed by atoms with Crippen molar-refractivity contribution in [3.8, 4) is 0 Å². The third kappa shape index (κ3) is 3.09. The number of halogens is 1. The summed E-state index contributed by atoms with van der Waals surface area (Å²) < 4.78 is 7.00. The molecule has 0 unspecified atom stereocenters. The third-order valence-corrected chi connectivity index (χ3v) is 5.73. The number of hydrogen-bond acceptors (Lipinski definition) is 4. The topological polar surface area (TPSA) is 68.3 Å². The number of piperidine rings is 1. The Kier molecular flexibility index (Phi) is 4.36. The van der Waals surface area contributed by atoms with Crippen molar-refractivity contribution in [2.24, 2.45) is 0 Å². The summed E-state index contributed by atoms with van der Waals surface area (Å²) >= 11 is 6.12. The van der Waals surface area contributed by atoms with E-state index in [0.717, 1.165) is 23.6 Å². The zero-order valence-electron chi connectivity index (χ0n) is 15.5. The Morgan fingerprint density at radius 2 is 2.03 bits per heavy atom. The second-order valence-electron chi connectivity index (χ2n) is 7.28. The number of nitrogens with zero attached hydrogens (tertiary/aromatic N) is 3. The van der Waals surface area contributed by atoms with Crippen LogP contribution in [0, 0.1) is 0 Å². The van der Waals surface area contributed by atoms with Crippen molar-refractivity contribution in [2.45, 2.75) is 18.9 Å². The lowest BCUT2D eigenvalue weighted by molar-refractivity contribution is 0.0674. The SMILES string of the molecule is O=C(c1nccc2ccccc12)N1CCC[C@H](n2c(=O)oc3ccc(Cl)cc32)C1. The van der Waals surface area contributed by atoms with Crippen LogP contribution in [0.15, 0.2) is 63.9 Å². The maximum absolute atomic E-state index is 13.3. The number of carbonyl (C=O) groups is 1. The minimum atomic E-state index is -0.426. The fraction of sp³-hybridized carbons (Fsp3) is 0.227. The molecule has 29 heavy (non-hydrogen) atoms. The zero-order chi connectivity index (χ0) is 20.0. The molecule has 3 heterocycles. The number of oxazole rings is 1. The fourth-order valence-electron chi connectivity index (χ4n) is 4.14. The van der Waals surface area contributed by atoms with Gasteiger partial charge >= 0.3 is 5.76 Å². The van der Waals surface area contributed by atoms with Crippen LogP contribution in [0.4, 0.5) is 0 Å². The highest BCUT2D eigenvalue weighted by molar-refractivity contribution is 6.31. The molecule has 0 bridgehead atoms. The van der Waals surface area contributed by atoms with Crippen molar-refractivity contribution >= 4 is 39.4 Å². The number of carbonyl (C=O) groups excluding carboxylic acids is 1. The van der Waals surface area contributed by atoms with Crippen LogP contribution >= 0.6 is 11.6 Å². The molecule has 0 aliphatic carbocycles. The van der Waals surface area contributed by atoms with E-state index in [1.807, 2.05) is 30.3 Å². The minimum absolute atomic E-state index is 0.120. The van der Waals surface area contributed by atoms with E-state index in [1.54, 1.807) is 33.9 Å². The molecule has 146 valence electrons. The number of fused-ring (bicyclic) bond motifs is 2. The smallest absolute Gasteiger partial charge is 0.408 e. The molecule has 4 aromatic rings. The van der Waals surface area contributed by atoms with Gasteiger partial charge in [-0.15, -0.1) is 0 Å². The second-order valence-corrected chi connectivity index (χ2v) is 7.71. The van der Waals surface area contributed by atoms with Gasteiger partial charge in [-0.3, -0.25) is 14.3 Å². The van der Waals surface area contributed by atoms with Gasteiger partial charge in [0.1, 0.15) is 5.69 Å². The standard InChI is InChI=1S/C22H18ClN3O3/c23-15-7-8-19-18(12-15)26(22(28)29-19)16-5-3-11-25(13-16)21(27)20-17-6-2-1-4-14(17)9-10-24-20/h1-2,4,6-10,12,16H,3,5,11,13H2/t16-/m0/s1. The fourth-order valence-corrected chi connectivity index (χ4v) is 4.31. The predicted molar refractivity (Wildman–Crippen MR) is 111 cm³/mol. The maximum Gasteiger partial charge on any atom is 0.420 e. The summed E-state index contributed by atoms with van der Waals surface area (Å²) in [5.41, 5.74) is 1.60. The highest BCUT2D eigenvalue weighted by Gasteiger charge is 2.29. The molecule has 1 amide bonds. The molecule has 7 heteroatoms. The highest BCUT2D eigenvalue weighted by atomic mass is 35.5. The van der Waals surface area contributed by atoms with Gasteiger partial charge in [-0.1, -0.05) is 35.9 Å². The molecule has 0 saturated carbocycles. The van der Waals surface area contributed by atoms with Gasteiger partial charge in [-0.2, -0.15) is 0 Å². The van der Waals surface area contributed by atoms with Gasteiger partial charge < -0.3 is 9.32 Å². The van der Waals surface area contributed by atoms with E-state index in [1.165, 1.54) is 0 Å². The summed E-state index contributed by atoms with van der Waals surface area (Å²) in [5, 5.41) is 2.35. The summed E-state index contributed by atoms with van der Waals surface area (Å²) in [6.07, 6.45) is 3.24. The van der Waals surface area contributed by atoms with Crippen LogP contribution in [0.1, 0.15) is 29.4 Å². The lowest BCUT2D eigenvalue weighted by Crippen LogP contribution is -2.42. The molecule has 1 saturated heterocycles.